The van der Waals surface area contributed by atoms with Crippen molar-refractivity contribution in [3.63, 3.8) is 0 Å². The highest BCUT2D eigenvalue weighted by Crippen LogP contribution is 2.31. The van der Waals surface area contributed by atoms with Crippen LogP contribution in [0.25, 0.3) is 0 Å². The smallest absolute Gasteiger partial charge is 0.267 e. The molecule has 2 aromatic heterocycles. The van der Waals surface area contributed by atoms with E-state index in [9.17, 15) is 9.59 Å². The topological polar surface area (TPSA) is 117 Å². The van der Waals surface area contributed by atoms with E-state index < -0.39 is 0 Å². The van der Waals surface area contributed by atoms with Gasteiger partial charge >= 0.3 is 0 Å². The molecular weight excluding hydrogens is 480 g/mol. The van der Waals surface area contributed by atoms with Crippen LogP contribution in [0.3, 0.4) is 0 Å². The standard InChI is InChI=1S/C28H38N8O2/c1-17(2)30-27(38)23-16-29-28(33-26(23)32-24-9-10-25(37)36(34-24)18(3)4)31-21-7-8-22(19(5)15-21)20-11-13-35(6)14-12-20/h7-10,15-18,20H,11-14H2,1-6H3,(H,30,38)(H2,29,31,32,33,34). The van der Waals surface area contributed by atoms with Gasteiger partial charge in [-0.25, -0.2) is 9.67 Å². The van der Waals surface area contributed by atoms with Gasteiger partial charge in [-0.1, -0.05) is 6.07 Å². The quantitative estimate of drug-likeness (QED) is 0.403. The molecule has 0 radical (unpaired) electrons. The highest BCUT2D eigenvalue weighted by Gasteiger charge is 2.21. The molecule has 1 saturated heterocycles. The van der Waals surface area contributed by atoms with Crippen molar-refractivity contribution in [2.45, 2.75) is 65.5 Å². The highest BCUT2D eigenvalue weighted by atomic mass is 16.2. The first-order chi connectivity index (χ1) is 18.1. The van der Waals surface area contributed by atoms with Crippen molar-refractivity contribution < 1.29 is 4.79 Å². The third kappa shape index (κ3) is 6.55. The molecule has 3 heterocycles. The number of nitrogens with zero attached hydrogens (tertiary/aromatic N) is 5. The van der Waals surface area contributed by atoms with Crippen molar-refractivity contribution in [1.29, 1.82) is 0 Å². The molecule has 10 nitrogen and oxygen atoms in total. The zero-order chi connectivity index (χ0) is 27.4. The number of benzene rings is 1. The molecular formula is C28H38N8O2. The summed E-state index contributed by atoms with van der Waals surface area (Å²) in [6, 6.07) is 9.21. The van der Waals surface area contributed by atoms with E-state index >= 15 is 0 Å². The van der Waals surface area contributed by atoms with Gasteiger partial charge in [-0.3, -0.25) is 9.59 Å². The summed E-state index contributed by atoms with van der Waals surface area (Å²) in [5.74, 6) is 1.32. The van der Waals surface area contributed by atoms with Crippen LogP contribution in [0.2, 0.25) is 0 Å². The third-order valence-electron chi connectivity index (χ3n) is 6.70. The van der Waals surface area contributed by atoms with Crippen LogP contribution in [0, 0.1) is 6.92 Å². The van der Waals surface area contributed by atoms with Gasteiger partial charge in [0.2, 0.25) is 5.95 Å². The number of piperidine rings is 1. The Hall–Kier alpha value is -3.79. The number of likely N-dealkylation sites (tertiary alicyclic amines) is 1. The van der Waals surface area contributed by atoms with E-state index in [4.69, 9.17) is 0 Å². The molecule has 4 rings (SSSR count). The van der Waals surface area contributed by atoms with E-state index in [2.05, 4.69) is 68.1 Å². The number of carbonyl (C=O) groups is 1. The minimum atomic E-state index is -0.301. The zero-order valence-corrected chi connectivity index (χ0v) is 23.1. The molecule has 0 aliphatic carbocycles. The number of aromatic nitrogens is 4. The first-order valence-corrected chi connectivity index (χ1v) is 13.2. The van der Waals surface area contributed by atoms with Gasteiger partial charge in [-0.2, -0.15) is 10.1 Å². The van der Waals surface area contributed by atoms with Crippen molar-refractivity contribution in [2.75, 3.05) is 30.8 Å². The molecule has 3 aromatic rings. The fourth-order valence-electron chi connectivity index (χ4n) is 4.69. The molecule has 0 atom stereocenters. The highest BCUT2D eigenvalue weighted by molar-refractivity contribution is 5.99. The molecule has 0 unspecified atom stereocenters. The Kier molecular flexibility index (Phi) is 8.41. The van der Waals surface area contributed by atoms with Crippen molar-refractivity contribution in [3.8, 4) is 0 Å². The van der Waals surface area contributed by atoms with Crippen molar-refractivity contribution in [2.24, 2.45) is 0 Å². The van der Waals surface area contributed by atoms with Crippen molar-refractivity contribution in [3.05, 3.63) is 63.6 Å². The number of anilines is 4. The van der Waals surface area contributed by atoms with E-state index in [0.717, 1.165) is 18.8 Å². The molecule has 1 aromatic carbocycles. The Morgan fingerprint density at radius 1 is 1.05 bits per heavy atom. The fourth-order valence-corrected chi connectivity index (χ4v) is 4.69. The van der Waals surface area contributed by atoms with E-state index in [1.165, 1.54) is 40.9 Å². The number of nitrogens with one attached hydrogen (secondary N) is 3. The molecule has 38 heavy (non-hydrogen) atoms. The largest absolute Gasteiger partial charge is 0.350 e. The Labute approximate surface area is 223 Å². The average Bonchev–Trinajstić information content (AvgIpc) is 2.85. The lowest BCUT2D eigenvalue weighted by molar-refractivity contribution is 0.0943. The van der Waals surface area contributed by atoms with Gasteiger partial charge in [-0.05, 0) is 103 Å². The first kappa shape index (κ1) is 27.3. The van der Waals surface area contributed by atoms with Crippen LogP contribution in [-0.4, -0.2) is 56.7 Å². The monoisotopic (exact) mass is 518 g/mol. The van der Waals surface area contributed by atoms with Gasteiger partial charge in [0.25, 0.3) is 11.5 Å². The second-order valence-electron chi connectivity index (χ2n) is 10.6. The lowest BCUT2D eigenvalue weighted by atomic mass is 9.87. The summed E-state index contributed by atoms with van der Waals surface area (Å²) in [4.78, 5) is 36.4. The van der Waals surface area contributed by atoms with Crippen molar-refractivity contribution >= 4 is 29.2 Å². The van der Waals surface area contributed by atoms with Crippen LogP contribution in [0.4, 0.5) is 23.3 Å². The number of rotatable bonds is 8. The average molecular weight is 519 g/mol. The molecule has 0 spiro atoms. The van der Waals surface area contributed by atoms with Gasteiger partial charge in [-0.15, -0.1) is 0 Å². The van der Waals surface area contributed by atoms with Gasteiger partial charge in [0.1, 0.15) is 11.4 Å². The molecule has 202 valence electrons. The van der Waals surface area contributed by atoms with Crippen LogP contribution in [0.1, 0.15) is 74.0 Å². The van der Waals surface area contributed by atoms with Crippen LogP contribution in [0.5, 0.6) is 0 Å². The maximum Gasteiger partial charge on any atom is 0.267 e. The maximum atomic E-state index is 12.9. The minimum absolute atomic E-state index is 0.0554. The number of hydrogen-bond acceptors (Lipinski definition) is 8. The molecule has 0 saturated carbocycles. The van der Waals surface area contributed by atoms with Crippen LogP contribution < -0.4 is 21.5 Å². The molecule has 3 N–H and O–H groups in total. The maximum absolute atomic E-state index is 12.9. The number of hydrogen-bond donors (Lipinski definition) is 3. The second-order valence-corrected chi connectivity index (χ2v) is 10.6. The van der Waals surface area contributed by atoms with Crippen LogP contribution in [-0.2, 0) is 0 Å². The van der Waals surface area contributed by atoms with Crippen molar-refractivity contribution in [1.82, 2.24) is 30.0 Å². The Morgan fingerprint density at radius 3 is 2.45 bits per heavy atom. The molecule has 1 aliphatic rings. The third-order valence-corrected chi connectivity index (χ3v) is 6.70. The van der Waals surface area contributed by atoms with Gasteiger partial charge < -0.3 is 20.9 Å². The molecule has 10 heteroatoms. The number of carbonyl (C=O) groups excluding carboxylic acids is 1. The zero-order valence-electron chi connectivity index (χ0n) is 23.1. The minimum Gasteiger partial charge on any atom is -0.350 e. The van der Waals surface area contributed by atoms with Gasteiger partial charge in [0.05, 0.1) is 6.04 Å². The summed E-state index contributed by atoms with van der Waals surface area (Å²) in [6.07, 6.45) is 3.83. The summed E-state index contributed by atoms with van der Waals surface area (Å²) in [6.45, 7) is 11.9. The second kappa shape index (κ2) is 11.7. The summed E-state index contributed by atoms with van der Waals surface area (Å²) in [7, 11) is 2.17. The van der Waals surface area contributed by atoms with Gasteiger partial charge in [0.15, 0.2) is 5.82 Å². The summed E-state index contributed by atoms with van der Waals surface area (Å²) in [5.41, 5.74) is 3.57. The van der Waals surface area contributed by atoms with Crippen LogP contribution >= 0.6 is 0 Å². The van der Waals surface area contributed by atoms with E-state index in [1.807, 2.05) is 27.7 Å². The van der Waals surface area contributed by atoms with E-state index in [-0.39, 0.29) is 29.1 Å². The Morgan fingerprint density at radius 2 is 1.79 bits per heavy atom. The summed E-state index contributed by atoms with van der Waals surface area (Å²) < 4.78 is 1.38. The van der Waals surface area contributed by atoms with E-state index in [1.54, 1.807) is 6.07 Å². The van der Waals surface area contributed by atoms with Crippen LogP contribution in [0.15, 0.2) is 41.3 Å². The first-order valence-electron chi connectivity index (χ1n) is 13.2. The molecule has 0 bridgehead atoms. The molecule has 1 aliphatic heterocycles. The lowest BCUT2D eigenvalue weighted by Crippen LogP contribution is -2.31. The molecule has 1 amide bonds. The predicted molar refractivity (Wildman–Crippen MR) is 151 cm³/mol. The van der Waals surface area contributed by atoms with Gasteiger partial charge in [0, 0.05) is 24.0 Å². The number of amides is 1. The fraction of sp³-hybridized carbons (Fsp3) is 0.464. The summed E-state index contributed by atoms with van der Waals surface area (Å²) >= 11 is 0. The van der Waals surface area contributed by atoms with E-state index in [0.29, 0.717) is 23.5 Å². The number of aryl methyl sites for hydroxylation is 1. The summed E-state index contributed by atoms with van der Waals surface area (Å²) in [5, 5.41) is 13.7. The SMILES string of the molecule is Cc1cc(Nc2ncc(C(=O)NC(C)C)c(Nc3ccc(=O)n(C(C)C)n3)n2)ccc1C1CCN(C)CC1. The molecule has 1 fully saturated rings. The normalized spacial score (nSPS) is 14.6. The Bertz CT molecular complexity index is 1340. The Balaban J connectivity index is 1.61. The predicted octanol–water partition coefficient (Wildman–Crippen LogP) is 4.36. The lowest BCUT2D eigenvalue weighted by Gasteiger charge is -2.30.